The Morgan fingerprint density at radius 2 is 1.96 bits per heavy atom. The number of unbranched alkanes of at least 4 members (excludes halogenated alkanes) is 1. The zero-order chi connectivity index (χ0) is 21.3. The number of pyridine rings is 1. The quantitative estimate of drug-likeness (QED) is 0.304. The van der Waals surface area contributed by atoms with Gasteiger partial charge >= 0.3 is 6.03 Å². The van der Waals surface area contributed by atoms with Gasteiger partial charge in [-0.2, -0.15) is 0 Å². The highest BCUT2D eigenvalue weighted by Crippen LogP contribution is 2.17. The van der Waals surface area contributed by atoms with Crippen molar-refractivity contribution in [2.45, 2.75) is 59.9 Å². The van der Waals surface area contributed by atoms with Gasteiger partial charge in [-0.15, -0.1) is 0 Å². The lowest BCUT2D eigenvalue weighted by Gasteiger charge is -2.27. The summed E-state index contributed by atoms with van der Waals surface area (Å²) in [6.07, 6.45) is 2.48. The third-order valence-electron chi connectivity index (χ3n) is 4.44. The van der Waals surface area contributed by atoms with Crippen LogP contribution in [0.5, 0.6) is 0 Å². The van der Waals surface area contributed by atoms with E-state index in [1.54, 1.807) is 6.07 Å². The van der Waals surface area contributed by atoms with Crippen LogP contribution in [0.4, 0.5) is 10.6 Å². The average molecular weight is 393 g/mol. The van der Waals surface area contributed by atoms with Crippen molar-refractivity contribution in [3.8, 4) is 0 Å². The van der Waals surface area contributed by atoms with Crippen molar-refractivity contribution in [2.75, 3.05) is 11.9 Å². The number of nitrogens with one attached hydrogen (secondary N) is 2. The Morgan fingerprint density at radius 1 is 1.29 bits per heavy atom. The molecule has 2 atom stereocenters. The molecule has 0 aliphatic rings. The number of anilines is 1. The molecular weight excluding hydrogens is 360 g/mol. The van der Waals surface area contributed by atoms with Crippen LogP contribution in [0.3, 0.4) is 0 Å². The summed E-state index contributed by atoms with van der Waals surface area (Å²) in [6, 6.07) is 2.38. The van der Waals surface area contributed by atoms with E-state index in [1.807, 2.05) is 40.7 Å². The lowest BCUT2D eigenvalue weighted by molar-refractivity contribution is -0.154. The molecule has 0 unspecified atom stereocenters. The van der Waals surface area contributed by atoms with E-state index >= 15 is 0 Å². The highest BCUT2D eigenvalue weighted by molar-refractivity contribution is 5.95. The van der Waals surface area contributed by atoms with Crippen molar-refractivity contribution >= 4 is 24.0 Å². The highest BCUT2D eigenvalue weighted by Gasteiger charge is 2.31. The molecule has 0 aromatic carbocycles. The molecule has 28 heavy (non-hydrogen) atoms. The van der Waals surface area contributed by atoms with Gasteiger partial charge in [0, 0.05) is 11.6 Å². The molecule has 3 N–H and O–H groups in total. The molecule has 0 spiro atoms. The lowest BCUT2D eigenvalue weighted by atomic mass is 9.87. The smallest absolute Gasteiger partial charge is 0.320 e. The largest absolute Gasteiger partial charge is 0.328 e. The Morgan fingerprint density at radius 3 is 2.50 bits per heavy atom. The number of aryl methyl sites for hydroxylation is 2. The molecular formula is C20H32N4O4. The van der Waals surface area contributed by atoms with Crippen molar-refractivity contribution in [3.05, 3.63) is 23.4 Å². The first kappa shape index (κ1) is 23.6. The number of aromatic nitrogens is 1. The van der Waals surface area contributed by atoms with Gasteiger partial charge in [0.05, 0.1) is 12.6 Å². The number of hydrogen-bond acceptors (Lipinski definition) is 5. The van der Waals surface area contributed by atoms with E-state index in [-0.39, 0.29) is 24.7 Å². The third-order valence-corrected chi connectivity index (χ3v) is 4.44. The van der Waals surface area contributed by atoms with Crippen LogP contribution in [-0.2, 0) is 9.59 Å². The molecule has 0 saturated heterocycles. The number of hydrogen-bond donors (Lipinski definition) is 3. The maximum Gasteiger partial charge on any atom is 0.320 e. The molecule has 1 heterocycles. The van der Waals surface area contributed by atoms with Crippen LogP contribution in [0.25, 0.3) is 0 Å². The number of Topliss-reactive ketones (excluding diaryl/α,β-unsaturated/α-hetero) is 1. The van der Waals surface area contributed by atoms with Gasteiger partial charge in [0.2, 0.25) is 6.41 Å². The Balaban J connectivity index is 2.89. The molecule has 0 bridgehead atoms. The first-order valence-electron chi connectivity index (χ1n) is 9.65. The van der Waals surface area contributed by atoms with Crippen LogP contribution < -0.4 is 10.6 Å². The van der Waals surface area contributed by atoms with Gasteiger partial charge < -0.3 is 5.32 Å². The minimum Gasteiger partial charge on any atom is -0.328 e. The second-order valence-corrected chi connectivity index (χ2v) is 7.46. The van der Waals surface area contributed by atoms with E-state index in [4.69, 9.17) is 0 Å². The molecule has 0 fully saturated rings. The molecule has 8 nitrogen and oxygen atoms in total. The molecule has 8 heteroatoms. The van der Waals surface area contributed by atoms with E-state index in [0.717, 1.165) is 24.1 Å². The third kappa shape index (κ3) is 7.64. The van der Waals surface area contributed by atoms with E-state index in [9.17, 15) is 19.6 Å². The van der Waals surface area contributed by atoms with E-state index in [0.29, 0.717) is 17.3 Å². The molecule has 1 rings (SSSR count). The first-order valence-corrected chi connectivity index (χ1v) is 9.65. The normalized spacial score (nSPS) is 13.0. The molecule has 1 aromatic rings. The molecule has 156 valence electrons. The number of carbonyl (C=O) groups is 3. The maximum absolute atomic E-state index is 13.0. The van der Waals surface area contributed by atoms with E-state index < -0.39 is 18.0 Å². The number of ketones is 1. The Labute approximate surface area is 166 Å². The summed E-state index contributed by atoms with van der Waals surface area (Å²) < 4.78 is 0. The molecule has 3 amide bonds. The standard InChI is InChI=1S/C20H32N4O4/c1-6-7-8-16(11-24(28)12-25)19(26)18(13(2)3)23-20(27)22-17-10-14(4)9-15(5)21-17/h9-10,12-13,16,18,28H,6-8,11H2,1-5H3,(H2,21,22,23,27)/t16-,18+/m1/s1. The van der Waals surface area contributed by atoms with Crippen LogP contribution in [-0.4, -0.2) is 46.1 Å². The summed E-state index contributed by atoms with van der Waals surface area (Å²) in [6.45, 7) is 9.33. The van der Waals surface area contributed by atoms with Crippen molar-refractivity contribution in [1.29, 1.82) is 0 Å². The first-order chi connectivity index (χ1) is 13.2. The zero-order valence-electron chi connectivity index (χ0n) is 17.4. The van der Waals surface area contributed by atoms with Crippen molar-refractivity contribution in [3.63, 3.8) is 0 Å². The van der Waals surface area contributed by atoms with Crippen molar-refractivity contribution in [1.82, 2.24) is 15.4 Å². The van der Waals surface area contributed by atoms with Crippen molar-refractivity contribution < 1.29 is 19.6 Å². The average Bonchev–Trinajstić information content (AvgIpc) is 2.61. The summed E-state index contributed by atoms with van der Waals surface area (Å²) in [5, 5.41) is 15.4. The number of amides is 3. The second-order valence-electron chi connectivity index (χ2n) is 7.46. The van der Waals surface area contributed by atoms with Gasteiger partial charge in [0.15, 0.2) is 5.78 Å². The van der Waals surface area contributed by atoms with Crippen LogP contribution in [0.2, 0.25) is 0 Å². The fourth-order valence-corrected chi connectivity index (χ4v) is 3.06. The fourth-order valence-electron chi connectivity index (χ4n) is 3.06. The van der Waals surface area contributed by atoms with Crippen LogP contribution >= 0.6 is 0 Å². The van der Waals surface area contributed by atoms with E-state index in [1.165, 1.54) is 0 Å². The van der Waals surface area contributed by atoms with Gasteiger partial charge in [-0.3, -0.25) is 20.1 Å². The molecule has 0 saturated carbocycles. The topological polar surface area (TPSA) is 112 Å². The van der Waals surface area contributed by atoms with Gasteiger partial charge in [0.1, 0.15) is 5.82 Å². The molecule has 0 radical (unpaired) electrons. The maximum atomic E-state index is 13.0. The molecule has 1 aromatic heterocycles. The number of carbonyl (C=O) groups excluding carboxylic acids is 3. The van der Waals surface area contributed by atoms with Crippen LogP contribution in [0.15, 0.2) is 12.1 Å². The second kappa shape index (κ2) is 11.4. The summed E-state index contributed by atoms with van der Waals surface area (Å²) in [5.74, 6) is -0.497. The van der Waals surface area contributed by atoms with Gasteiger partial charge in [-0.1, -0.05) is 33.6 Å². The van der Waals surface area contributed by atoms with Gasteiger partial charge in [-0.05, 0) is 43.9 Å². The van der Waals surface area contributed by atoms with Gasteiger partial charge in [-0.25, -0.2) is 14.8 Å². The minimum absolute atomic E-state index is 0.0898. The lowest BCUT2D eigenvalue weighted by Crippen LogP contribution is -2.50. The monoisotopic (exact) mass is 392 g/mol. The number of rotatable bonds is 11. The number of hydroxylamine groups is 2. The molecule has 0 aliphatic carbocycles. The Bertz CT molecular complexity index is 658. The predicted octanol–water partition coefficient (Wildman–Crippen LogP) is 3.07. The Hall–Kier alpha value is -2.48. The fraction of sp³-hybridized carbons (Fsp3) is 0.600. The van der Waals surface area contributed by atoms with Crippen LogP contribution in [0.1, 0.15) is 51.3 Å². The summed E-state index contributed by atoms with van der Waals surface area (Å²) in [7, 11) is 0. The molecule has 0 aliphatic heterocycles. The number of nitrogens with zero attached hydrogens (tertiary/aromatic N) is 2. The summed E-state index contributed by atoms with van der Waals surface area (Å²) >= 11 is 0. The van der Waals surface area contributed by atoms with Crippen molar-refractivity contribution in [2.24, 2.45) is 11.8 Å². The van der Waals surface area contributed by atoms with Gasteiger partial charge in [0.25, 0.3) is 0 Å². The van der Waals surface area contributed by atoms with E-state index in [2.05, 4.69) is 15.6 Å². The Kier molecular flexibility index (Phi) is 9.58. The highest BCUT2D eigenvalue weighted by atomic mass is 16.5. The van der Waals surface area contributed by atoms with Crippen LogP contribution in [0, 0.1) is 25.7 Å². The summed E-state index contributed by atoms with van der Waals surface area (Å²) in [4.78, 5) is 40.5. The SMILES string of the molecule is CCCC[C@H](CN(O)C=O)C(=O)[C@@H](NC(=O)Nc1cc(C)cc(C)n1)C(C)C. The predicted molar refractivity (Wildman–Crippen MR) is 107 cm³/mol. The summed E-state index contributed by atoms with van der Waals surface area (Å²) in [5.41, 5.74) is 1.75. The number of urea groups is 1. The minimum atomic E-state index is -0.743. The zero-order valence-corrected chi connectivity index (χ0v) is 17.4.